The summed E-state index contributed by atoms with van der Waals surface area (Å²) in [5.74, 6) is 3.33. The maximum atomic E-state index is 13.1. The van der Waals surface area contributed by atoms with Crippen molar-refractivity contribution in [1.82, 2.24) is 10.6 Å². The fourth-order valence-corrected chi connectivity index (χ4v) is 6.39. The fourth-order valence-electron chi connectivity index (χ4n) is 6.39. The van der Waals surface area contributed by atoms with E-state index in [9.17, 15) is 9.59 Å². The molecule has 1 aromatic carbocycles. The number of rotatable bonds is 7. The molecule has 1 heterocycles. The maximum Gasteiger partial charge on any atom is 0.251 e. The van der Waals surface area contributed by atoms with Crippen molar-refractivity contribution in [2.24, 2.45) is 23.2 Å². The van der Waals surface area contributed by atoms with Gasteiger partial charge in [0, 0.05) is 30.5 Å². The Hall–Kier alpha value is -2.56. The molecular formula is C25H30N2O3. The SMILES string of the molecule is O=C(NCCc1ccco1)c1ccc(CNC(=O)C23CC4CC(CC(C4)C2)C3)cc1. The van der Waals surface area contributed by atoms with Gasteiger partial charge in [0.05, 0.1) is 6.26 Å². The van der Waals surface area contributed by atoms with Crippen LogP contribution in [-0.4, -0.2) is 18.4 Å². The Kier molecular flexibility index (Phi) is 5.13. The van der Waals surface area contributed by atoms with Crippen LogP contribution in [0.1, 0.15) is 60.2 Å². The highest BCUT2D eigenvalue weighted by Gasteiger charge is 2.54. The first-order valence-corrected chi connectivity index (χ1v) is 11.3. The minimum atomic E-state index is -0.109. The summed E-state index contributed by atoms with van der Waals surface area (Å²) in [6.07, 6.45) is 9.60. The van der Waals surface area contributed by atoms with Gasteiger partial charge in [-0.3, -0.25) is 9.59 Å². The molecule has 0 atom stereocenters. The number of hydrogen-bond acceptors (Lipinski definition) is 3. The van der Waals surface area contributed by atoms with Crippen LogP contribution >= 0.6 is 0 Å². The van der Waals surface area contributed by atoms with Crippen LogP contribution in [0, 0.1) is 23.2 Å². The van der Waals surface area contributed by atoms with Crippen molar-refractivity contribution in [3.8, 4) is 0 Å². The summed E-state index contributed by atoms with van der Waals surface area (Å²) in [6, 6.07) is 11.3. The van der Waals surface area contributed by atoms with E-state index in [2.05, 4.69) is 10.6 Å². The predicted octanol–water partition coefficient (Wildman–Crippen LogP) is 4.08. The van der Waals surface area contributed by atoms with E-state index in [1.54, 1.807) is 6.26 Å². The Bertz CT molecular complexity index is 866. The molecule has 158 valence electrons. The number of carbonyl (C=O) groups excluding carboxylic acids is 2. The van der Waals surface area contributed by atoms with Gasteiger partial charge in [-0.15, -0.1) is 0 Å². The molecule has 4 bridgehead atoms. The highest BCUT2D eigenvalue weighted by Crippen LogP contribution is 2.60. The van der Waals surface area contributed by atoms with E-state index in [-0.39, 0.29) is 17.2 Å². The molecule has 5 nitrogen and oxygen atoms in total. The van der Waals surface area contributed by atoms with Crippen LogP contribution < -0.4 is 10.6 Å². The van der Waals surface area contributed by atoms with Crippen molar-refractivity contribution >= 4 is 11.8 Å². The third-order valence-electron chi connectivity index (χ3n) is 7.43. The maximum absolute atomic E-state index is 13.1. The first kappa shape index (κ1) is 19.4. The molecule has 2 aromatic rings. The summed E-state index contributed by atoms with van der Waals surface area (Å²) in [5.41, 5.74) is 1.55. The number of benzene rings is 1. The van der Waals surface area contributed by atoms with E-state index in [4.69, 9.17) is 4.42 Å². The van der Waals surface area contributed by atoms with Crippen LogP contribution in [0.3, 0.4) is 0 Å². The summed E-state index contributed by atoms with van der Waals surface area (Å²) in [6.45, 7) is 1.07. The van der Waals surface area contributed by atoms with E-state index >= 15 is 0 Å². The van der Waals surface area contributed by atoms with E-state index < -0.39 is 0 Å². The van der Waals surface area contributed by atoms with Crippen molar-refractivity contribution < 1.29 is 14.0 Å². The minimum absolute atomic E-state index is 0.0919. The zero-order valence-corrected chi connectivity index (χ0v) is 17.4. The van der Waals surface area contributed by atoms with Gasteiger partial charge in [-0.05, 0) is 86.1 Å². The Morgan fingerprint density at radius 3 is 2.20 bits per heavy atom. The van der Waals surface area contributed by atoms with Crippen LogP contribution in [0.25, 0.3) is 0 Å². The normalized spacial score (nSPS) is 29.0. The van der Waals surface area contributed by atoms with Gasteiger partial charge in [0.25, 0.3) is 5.91 Å². The van der Waals surface area contributed by atoms with Crippen molar-refractivity contribution in [2.75, 3.05) is 6.54 Å². The molecule has 0 radical (unpaired) electrons. The molecule has 0 unspecified atom stereocenters. The Labute approximate surface area is 177 Å². The highest BCUT2D eigenvalue weighted by molar-refractivity contribution is 5.94. The smallest absolute Gasteiger partial charge is 0.251 e. The van der Waals surface area contributed by atoms with Gasteiger partial charge in [-0.25, -0.2) is 0 Å². The first-order valence-electron chi connectivity index (χ1n) is 11.3. The Morgan fingerprint density at radius 2 is 1.60 bits per heavy atom. The number of furan rings is 1. The van der Waals surface area contributed by atoms with Crippen LogP contribution in [0.5, 0.6) is 0 Å². The largest absolute Gasteiger partial charge is 0.469 e. The molecule has 0 spiro atoms. The van der Waals surface area contributed by atoms with Crippen molar-refractivity contribution in [3.63, 3.8) is 0 Å². The molecule has 4 aliphatic carbocycles. The lowest BCUT2D eigenvalue weighted by Crippen LogP contribution is -2.53. The average Bonchev–Trinajstić information content (AvgIpc) is 3.25. The van der Waals surface area contributed by atoms with Gasteiger partial charge in [-0.2, -0.15) is 0 Å². The van der Waals surface area contributed by atoms with Crippen LogP contribution in [0.2, 0.25) is 0 Å². The third-order valence-corrected chi connectivity index (χ3v) is 7.43. The summed E-state index contributed by atoms with van der Waals surface area (Å²) in [7, 11) is 0. The Morgan fingerprint density at radius 1 is 0.933 bits per heavy atom. The van der Waals surface area contributed by atoms with Crippen molar-refractivity contribution in [1.29, 1.82) is 0 Å². The molecule has 0 aliphatic heterocycles. The summed E-state index contributed by atoms with van der Waals surface area (Å²) >= 11 is 0. The van der Waals surface area contributed by atoms with Crippen molar-refractivity contribution in [2.45, 2.75) is 51.5 Å². The second-order valence-corrected chi connectivity index (χ2v) is 9.66. The molecule has 2 amide bonds. The van der Waals surface area contributed by atoms with Gasteiger partial charge in [0.15, 0.2) is 0 Å². The van der Waals surface area contributed by atoms with Crippen molar-refractivity contribution in [3.05, 3.63) is 59.5 Å². The van der Waals surface area contributed by atoms with E-state index in [1.165, 1.54) is 19.3 Å². The molecule has 2 N–H and O–H groups in total. The number of nitrogens with one attached hydrogen (secondary N) is 2. The molecule has 1 aromatic heterocycles. The quantitative estimate of drug-likeness (QED) is 0.728. The molecule has 4 aliphatic rings. The van der Waals surface area contributed by atoms with Crippen LogP contribution in [0.4, 0.5) is 0 Å². The van der Waals surface area contributed by atoms with E-state index in [0.29, 0.717) is 25.1 Å². The number of amides is 2. The molecule has 30 heavy (non-hydrogen) atoms. The third kappa shape index (κ3) is 3.90. The first-order chi connectivity index (χ1) is 14.6. The average molecular weight is 407 g/mol. The highest BCUT2D eigenvalue weighted by atomic mass is 16.3. The van der Waals surface area contributed by atoms with Gasteiger partial charge in [0.2, 0.25) is 5.91 Å². The topological polar surface area (TPSA) is 71.3 Å². The van der Waals surface area contributed by atoms with E-state index in [0.717, 1.165) is 48.3 Å². The zero-order valence-electron chi connectivity index (χ0n) is 17.4. The predicted molar refractivity (Wildman–Crippen MR) is 114 cm³/mol. The van der Waals surface area contributed by atoms with Gasteiger partial charge in [-0.1, -0.05) is 12.1 Å². The molecule has 0 saturated heterocycles. The molecule has 5 heteroatoms. The van der Waals surface area contributed by atoms with Gasteiger partial charge >= 0.3 is 0 Å². The van der Waals surface area contributed by atoms with Crippen LogP contribution in [-0.2, 0) is 17.8 Å². The zero-order chi connectivity index (χ0) is 20.6. The molecule has 4 saturated carbocycles. The second kappa shape index (κ2) is 7.93. The van der Waals surface area contributed by atoms with Crippen LogP contribution in [0.15, 0.2) is 47.1 Å². The Balaban J connectivity index is 1.12. The molecule has 4 fully saturated rings. The second-order valence-electron chi connectivity index (χ2n) is 9.66. The number of carbonyl (C=O) groups is 2. The van der Waals surface area contributed by atoms with Gasteiger partial charge in [0.1, 0.15) is 5.76 Å². The summed E-state index contributed by atoms with van der Waals surface area (Å²) < 4.78 is 5.27. The molecular weight excluding hydrogens is 376 g/mol. The standard InChI is InChI=1S/C25H30N2O3/c28-23(26-8-7-22-2-1-9-30-22)21-5-3-17(4-6-21)16-27-24(29)25-13-18-10-19(14-25)12-20(11-18)15-25/h1-6,9,18-20H,7-8,10-16H2,(H,26,28)(H,27,29). The number of hydrogen-bond donors (Lipinski definition) is 2. The fraction of sp³-hybridized carbons (Fsp3) is 0.520. The summed E-state index contributed by atoms with van der Waals surface area (Å²) in [4.78, 5) is 25.4. The lowest BCUT2D eigenvalue weighted by Gasteiger charge is -2.55. The monoisotopic (exact) mass is 406 g/mol. The lowest BCUT2D eigenvalue weighted by molar-refractivity contribution is -0.146. The molecule has 6 rings (SSSR count). The minimum Gasteiger partial charge on any atom is -0.469 e. The lowest BCUT2D eigenvalue weighted by atomic mass is 9.49. The summed E-state index contributed by atoms with van der Waals surface area (Å²) in [5, 5.41) is 6.12. The van der Waals surface area contributed by atoms with E-state index in [1.807, 2.05) is 36.4 Å². The van der Waals surface area contributed by atoms with Gasteiger partial charge < -0.3 is 15.1 Å².